The standard InChI is InChI=1S/C22H32N2O2/c1-21(2)17-11-12-22(21,3)19(24-13-5-4-6-14-24)18(17)26-20(25)15-7-9-16(23)10-8-15/h7-10,17-19H,4-6,11-14,23H2,1-3H3. The Bertz CT molecular complexity index is 678. The van der Waals surface area contributed by atoms with Crippen molar-refractivity contribution >= 4 is 11.7 Å². The Morgan fingerprint density at radius 2 is 1.77 bits per heavy atom. The molecule has 3 aliphatic rings. The summed E-state index contributed by atoms with van der Waals surface area (Å²) < 4.78 is 6.22. The number of hydrogen-bond acceptors (Lipinski definition) is 4. The van der Waals surface area contributed by atoms with Crippen LogP contribution in [0.5, 0.6) is 0 Å². The third-order valence-electron chi connectivity index (χ3n) is 7.91. The zero-order valence-electron chi connectivity index (χ0n) is 16.3. The highest BCUT2D eigenvalue weighted by molar-refractivity contribution is 5.90. The van der Waals surface area contributed by atoms with Crippen LogP contribution in [0.3, 0.4) is 0 Å². The van der Waals surface area contributed by atoms with Gasteiger partial charge in [-0.1, -0.05) is 27.2 Å². The van der Waals surface area contributed by atoms with E-state index in [9.17, 15) is 4.79 Å². The summed E-state index contributed by atoms with van der Waals surface area (Å²) in [6, 6.07) is 7.42. The minimum absolute atomic E-state index is 0.00750. The molecule has 0 amide bonds. The Balaban J connectivity index is 1.62. The zero-order chi connectivity index (χ0) is 18.5. The molecule has 0 radical (unpaired) electrons. The molecule has 1 heterocycles. The lowest BCUT2D eigenvalue weighted by Gasteiger charge is -2.47. The summed E-state index contributed by atoms with van der Waals surface area (Å²) in [6.07, 6.45) is 6.23. The molecule has 1 aliphatic heterocycles. The van der Waals surface area contributed by atoms with Crippen LogP contribution >= 0.6 is 0 Å². The first-order valence-corrected chi connectivity index (χ1v) is 10.2. The van der Waals surface area contributed by atoms with Gasteiger partial charge in [-0.25, -0.2) is 4.79 Å². The summed E-state index contributed by atoms with van der Waals surface area (Å²) in [7, 11) is 0. The monoisotopic (exact) mass is 356 g/mol. The van der Waals surface area contributed by atoms with Crippen LogP contribution in [0.4, 0.5) is 5.69 Å². The Hall–Kier alpha value is -1.55. The SMILES string of the molecule is CC1(C)C2CCC1(C)C(N1CCCCC1)C2OC(=O)c1ccc(N)cc1. The number of fused-ring (bicyclic) bond motifs is 2. The van der Waals surface area contributed by atoms with Gasteiger partial charge in [0.15, 0.2) is 0 Å². The van der Waals surface area contributed by atoms with Gasteiger partial charge in [0.2, 0.25) is 0 Å². The van der Waals surface area contributed by atoms with Gasteiger partial charge in [0, 0.05) is 11.6 Å². The first-order valence-electron chi connectivity index (χ1n) is 10.2. The molecule has 4 atom stereocenters. The van der Waals surface area contributed by atoms with Gasteiger partial charge in [-0.05, 0) is 73.9 Å². The molecule has 2 bridgehead atoms. The average Bonchev–Trinajstić information content (AvgIpc) is 2.94. The van der Waals surface area contributed by atoms with E-state index in [1.165, 1.54) is 25.7 Å². The number of piperidine rings is 1. The van der Waals surface area contributed by atoms with Crippen molar-refractivity contribution in [2.24, 2.45) is 16.7 Å². The van der Waals surface area contributed by atoms with Crippen molar-refractivity contribution in [2.75, 3.05) is 18.8 Å². The predicted octanol–water partition coefficient (Wildman–Crippen LogP) is 4.10. The number of ether oxygens (including phenoxy) is 1. The van der Waals surface area contributed by atoms with Crippen molar-refractivity contribution < 1.29 is 9.53 Å². The minimum Gasteiger partial charge on any atom is -0.457 e. The van der Waals surface area contributed by atoms with Crippen molar-refractivity contribution in [2.45, 2.75) is 65.0 Å². The van der Waals surface area contributed by atoms with E-state index in [-0.39, 0.29) is 22.9 Å². The Kier molecular flexibility index (Phi) is 4.30. The number of rotatable bonds is 3. The lowest BCUT2D eigenvalue weighted by Crippen LogP contribution is -2.54. The largest absolute Gasteiger partial charge is 0.457 e. The predicted molar refractivity (Wildman–Crippen MR) is 104 cm³/mol. The van der Waals surface area contributed by atoms with Crippen LogP contribution in [-0.2, 0) is 4.74 Å². The molecule has 3 fully saturated rings. The molecule has 1 saturated heterocycles. The fourth-order valence-corrected chi connectivity index (χ4v) is 6.01. The third-order valence-corrected chi connectivity index (χ3v) is 7.91. The Morgan fingerprint density at radius 1 is 1.12 bits per heavy atom. The molecule has 2 saturated carbocycles. The van der Waals surface area contributed by atoms with E-state index < -0.39 is 0 Å². The van der Waals surface area contributed by atoms with Crippen LogP contribution in [0.1, 0.15) is 63.2 Å². The van der Waals surface area contributed by atoms with Gasteiger partial charge in [-0.15, -0.1) is 0 Å². The van der Waals surface area contributed by atoms with Crippen molar-refractivity contribution in [1.82, 2.24) is 4.90 Å². The first kappa shape index (κ1) is 17.8. The maximum absolute atomic E-state index is 12.9. The highest BCUT2D eigenvalue weighted by atomic mass is 16.5. The highest BCUT2D eigenvalue weighted by Crippen LogP contribution is 2.67. The quantitative estimate of drug-likeness (QED) is 0.654. The molecule has 0 aromatic heterocycles. The van der Waals surface area contributed by atoms with E-state index in [0.29, 0.717) is 23.2 Å². The van der Waals surface area contributed by atoms with Gasteiger partial charge in [0.25, 0.3) is 0 Å². The topological polar surface area (TPSA) is 55.6 Å². The summed E-state index contributed by atoms with van der Waals surface area (Å²) >= 11 is 0. The molecule has 26 heavy (non-hydrogen) atoms. The summed E-state index contributed by atoms with van der Waals surface area (Å²) in [5, 5.41) is 0. The second-order valence-corrected chi connectivity index (χ2v) is 9.32. The lowest BCUT2D eigenvalue weighted by molar-refractivity contribution is -0.0439. The van der Waals surface area contributed by atoms with Crippen LogP contribution < -0.4 is 5.73 Å². The number of nitrogen functional groups attached to an aromatic ring is 1. The Morgan fingerprint density at radius 3 is 2.42 bits per heavy atom. The molecule has 0 spiro atoms. The molecular formula is C22H32N2O2. The number of carbonyl (C=O) groups is 1. The van der Waals surface area contributed by atoms with Crippen LogP contribution in [0.15, 0.2) is 24.3 Å². The van der Waals surface area contributed by atoms with E-state index in [4.69, 9.17) is 10.5 Å². The molecule has 1 aromatic carbocycles. The second kappa shape index (κ2) is 6.26. The van der Waals surface area contributed by atoms with Gasteiger partial charge in [0.1, 0.15) is 6.10 Å². The van der Waals surface area contributed by atoms with E-state index in [0.717, 1.165) is 19.5 Å². The zero-order valence-corrected chi connectivity index (χ0v) is 16.3. The number of nitrogens with two attached hydrogens (primary N) is 1. The molecule has 4 unspecified atom stereocenters. The van der Waals surface area contributed by atoms with Gasteiger partial charge < -0.3 is 10.5 Å². The lowest BCUT2D eigenvalue weighted by atomic mass is 9.68. The van der Waals surface area contributed by atoms with Crippen LogP contribution in [-0.4, -0.2) is 36.1 Å². The molecule has 4 nitrogen and oxygen atoms in total. The first-order chi connectivity index (χ1) is 12.3. The summed E-state index contributed by atoms with van der Waals surface area (Å²) in [5.74, 6) is 0.237. The third kappa shape index (κ3) is 2.57. The molecular weight excluding hydrogens is 324 g/mol. The number of anilines is 1. The minimum atomic E-state index is -0.205. The fraction of sp³-hybridized carbons (Fsp3) is 0.682. The number of nitrogens with zero attached hydrogens (tertiary/aromatic N) is 1. The normalized spacial score (nSPS) is 36.2. The molecule has 4 heteroatoms. The number of likely N-dealkylation sites (tertiary alicyclic amines) is 1. The summed E-state index contributed by atoms with van der Waals surface area (Å²) in [5.41, 5.74) is 7.43. The van der Waals surface area contributed by atoms with Gasteiger partial charge in [-0.2, -0.15) is 0 Å². The smallest absolute Gasteiger partial charge is 0.338 e. The molecule has 2 aliphatic carbocycles. The van der Waals surface area contributed by atoms with Gasteiger partial charge in [0.05, 0.1) is 11.6 Å². The molecule has 4 rings (SSSR count). The maximum Gasteiger partial charge on any atom is 0.338 e. The van der Waals surface area contributed by atoms with Crippen LogP contribution in [0, 0.1) is 16.7 Å². The van der Waals surface area contributed by atoms with Crippen molar-refractivity contribution in [3.05, 3.63) is 29.8 Å². The second-order valence-electron chi connectivity index (χ2n) is 9.32. The number of carbonyl (C=O) groups excluding carboxylic acids is 1. The van der Waals surface area contributed by atoms with E-state index in [2.05, 4.69) is 25.7 Å². The van der Waals surface area contributed by atoms with E-state index >= 15 is 0 Å². The Labute approximate surface area is 157 Å². The van der Waals surface area contributed by atoms with E-state index in [1.807, 2.05) is 0 Å². The maximum atomic E-state index is 12.9. The number of esters is 1. The number of benzene rings is 1. The average molecular weight is 357 g/mol. The summed E-state index contributed by atoms with van der Waals surface area (Å²) in [6.45, 7) is 9.48. The summed E-state index contributed by atoms with van der Waals surface area (Å²) in [4.78, 5) is 15.5. The van der Waals surface area contributed by atoms with E-state index in [1.54, 1.807) is 24.3 Å². The van der Waals surface area contributed by atoms with Crippen molar-refractivity contribution in [3.63, 3.8) is 0 Å². The fourth-order valence-electron chi connectivity index (χ4n) is 6.01. The molecule has 1 aromatic rings. The molecule has 2 N–H and O–H groups in total. The molecule has 142 valence electrons. The van der Waals surface area contributed by atoms with Crippen LogP contribution in [0.2, 0.25) is 0 Å². The number of hydrogen-bond donors (Lipinski definition) is 1. The highest BCUT2D eigenvalue weighted by Gasteiger charge is 2.68. The van der Waals surface area contributed by atoms with Gasteiger partial charge >= 0.3 is 5.97 Å². The van der Waals surface area contributed by atoms with Crippen molar-refractivity contribution in [1.29, 1.82) is 0 Å². The van der Waals surface area contributed by atoms with Crippen molar-refractivity contribution in [3.8, 4) is 0 Å². The van der Waals surface area contributed by atoms with Crippen LogP contribution in [0.25, 0.3) is 0 Å². The van der Waals surface area contributed by atoms with Gasteiger partial charge in [-0.3, -0.25) is 4.90 Å².